The van der Waals surface area contributed by atoms with Crippen molar-refractivity contribution >= 4 is 44.8 Å². The van der Waals surface area contributed by atoms with Crippen LogP contribution < -0.4 is 0 Å². The molecule has 3 rings (SSSR count). The summed E-state index contributed by atoms with van der Waals surface area (Å²) in [6.07, 6.45) is 4.10. The van der Waals surface area contributed by atoms with Crippen LogP contribution in [0.1, 0.15) is 33.2 Å². The average Bonchev–Trinajstić information content (AvgIpc) is 2.59. The first-order chi connectivity index (χ1) is 12.7. The second-order valence-corrected chi connectivity index (χ2v) is 7.38. The van der Waals surface area contributed by atoms with Crippen LogP contribution in [0.2, 0.25) is 0 Å². The van der Waals surface area contributed by atoms with Gasteiger partial charge in [-0.3, -0.25) is 14.4 Å². The van der Waals surface area contributed by atoms with Crippen molar-refractivity contribution in [3.8, 4) is 0 Å². The number of carbonyl (C=O) groups excluding carboxylic acids is 3. The van der Waals surface area contributed by atoms with Gasteiger partial charge in [-0.05, 0) is 29.2 Å². The monoisotopic (exact) mass is 389 g/mol. The standard InChI is InChI=1S/C18H15NO7S/c1-11(20)25-10-4-5-12-8-9-15-16-13(12)6-3-7-14(16)17(21)19(18(15)22)26-27(2,23)24/h3-9H,10H2,1-2H3/b5-4+. The Bertz CT molecular complexity index is 1080. The summed E-state index contributed by atoms with van der Waals surface area (Å²) in [5.74, 6) is -2.12. The number of amides is 2. The maximum Gasteiger partial charge on any atom is 0.302 e. The first-order valence-corrected chi connectivity index (χ1v) is 9.64. The Morgan fingerprint density at radius 2 is 1.78 bits per heavy atom. The number of nitrogens with zero attached hydrogens (tertiary/aromatic N) is 1. The predicted molar refractivity (Wildman–Crippen MR) is 96.0 cm³/mol. The highest BCUT2D eigenvalue weighted by atomic mass is 32.2. The molecule has 0 fully saturated rings. The van der Waals surface area contributed by atoms with E-state index in [0.717, 1.165) is 6.26 Å². The second kappa shape index (κ2) is 6.93. The molecule has 1 aliphatic rings. The van der Waals surface area contributed by atoms with Gasteiger partial charge in [-0.2, -0.15) is 8.42 Å². The SMILES string of the molecule is CC(=O)OC/C=C/c1ccc2c3c(cccc13)C(=O)N(OS(C)(=O)=O)C2=O. The number of hydrogen-bond donors (Lipinski definition) is 0. The van der Waals surface area contributed by atoms with Gasteiger partial charge in [0.1, 0.15) is 6.61 Å². The first-order valence-electron chi connectivity index (χ1n) is 7.83. The topological polar surface area (TPSA) is 107 Å². The van der Waals surface area contributed by atoms with E-state index in [4.69, 9.17) is 4.74 Å². The number of ether oxygens (including phenoxy) is 1. The lowest BCUT2D eigenvalue weighted by molar-refractivity contribution is -0.139. The molecule has 9 heteroatoms. The lowest BCUT2D eigenvalue weighted by Crippen LogP contribution is -2.41. The fourth-order valence-corrected chi connectivity index (χ4v) is 3.19. The molecule has 0 aliphatic carbocycles. The molecule has 0 saturated heterocycles. The minimum absolute atomic E-state index is 0.0894. The van der Waals surface area contributed by atoms with Gasteiger partial charge in [-0.15, -0.1) is 9.35 Å². The normalized spacial score (nSPS) is 14.2. The summed E-state index contributed by atoms with van der Waals surface area (Å²) in [7, 11) is -4.06. The summed E-state index contributed by atoms with van der Waals surface area (Å²) in [6.45, 7) is 1.39. The van der Waals surface area contributed by atoms with Gasteiger partial charge in [0.25, 0.3) is 21.9 Å². The molecular weight excluding hydrogens is 374 g/mol. The molecule has 0 radical (unpaired) electrons. The van der Waals surface area contributed by atoms with Crippen LogP contribution >= 0.6 is 0 Å². The quantitative estimate of drug-likeness (QED) is 0.568. The molecule has 8 nitrogen and oxygen atoms in total. The second-order valence-electron chi connectivity index (χ2n) is 5.82. The zero-order chi connectivity index (χ0) is 19.8. The third-order valence-electron chi connectivity index (χ3n) is 3.79. The Kier molecular flexibility index (Phi) is 4.81. The largest absolute Gasteiger partial charge is 0.462 e. The minimum atomic E-state index is -4.06. The van der Waals surface area contributed by atoms with Gasteiger partial charge in [-0.1, -0.05) is 24.3 Å². The van der Waals surface area contributed by atoms with Crippen LogP contribution in [0.5, 0.6) is 0 Å². The molecule has 2 aromatic rings. The minimum Gasteiger partial charge on any atom is -0.462 e. The molecule has 0 N–H and O–H groups in total. The van der Waals surface area contributed by atoms with Crippen LogP contribution in [0.3, 0.4) is 0 Å². The molecule has 27 heavy (non-hydrogen) atoms. The summed E-state index contributed by atoms with van der Waals surface area (Å²) in [5, 5.41) is 1.29. The number of esters is 1. The highest BCUT2D eigenvalue weighted by Crippen LogP contribution is 2.33. The Balaban J connectivity index is 2.08. The Morgan fingerprint density at radius 3 is 2.41 bits per heavy atom. The van der Waals surface area contributed by atoms with Gasteiger partial charge in [0.05, 0.1) is 17.4 Å². The number of hydroxylamine groups is 2. The first kappa shape index (κ1) is 18.7. The molecule has 2 amide bonds. The van der Waals surface area contributed by atoms with Crippen molar-refractivity contribution in [2.75, 3.05) is 12.9 Å². The smallest absolute Gasteiger partial charge is 0.302 e. The molecule has 0 saturated carbocycles. The van der Waals surface area contributed by atoms with E-state index in [1.165, 1.54) is 19.1 Å². The van der Waals surface area contributed by atoms with E-state index in [-0.39, 0.29) is 22.8 Å². The maximum atomic E-state index is 12.6. The number of rotatable bonds is 5. The fraction of sp³-hybridized carbons (Fsp3) is 0.167. The molecule has 2 aromatic carbocycles. The van der Waals surface area contributed by atoms with Crippen molar-refractivity contribution in [2.24, 2.45) is 0 Å². The van der Waals surface area contributed by atoms with E-state index < -0.39 is 27.9 Å². The van der Waals surface area contributed by atoms with Crippen molar-refractivity contribution in [1.29, 1.82) is 0 Å². The van der Waals surface area contributed by atoms with E-state index in [0.29, 0.717) is 16.3 Å². The van der Waals surface area contributed by atoms with Gasteiger partial charge in [-0.25, -0.2) is 0 Å². The number of benzene rings is 2. The van der Waals surface area contributed by atoms with E-state index in [9.17, 15) is 22.8 Å². The number of imide groups is 1. The van der Waals surface area contributed by atoms with Crippen molar-refractivity contribution in [3.05, 3.63) is 53.1 Å². The molecule has 0 aromatic heterocycles. The number of hydrogen-bond acceptors (Lipinski definition) is 7. The van der Waals surface area contributed by atoms with E-state index in [2.05, 4.69) is 4.28 Å². The molecule has 0 atom stereocenters. The van der Waals surface area contributed by atoms with Crippen LogP contribution in [0, 0.1) is 0 Å². The van der Waals surface area contributed by atoms with E-state index in [1.54, 1.807) is 30.4 Å². The van der Waals surface area contributed by atoms with Crippen molar-refractivity contribution < 1.29 is 31.8 Å². The molecule has 0 unspecified atom stereocenters. The van der Waals surface area contributed by atoms with Crippen LogP contribution in [-0.2, 0) is 23.9 Å². The van der Waals surface area contributed by atoms with Crippen molar-refractivity contribution in [3.63, 3.8) is 0 Å². The van der Waals surface area contributed by atoms with Gasteiger partial charge in [0, 0.05) is 12.3 Å². The van der Waals surface area contributed by atoms with Gasteiger partial charge in [0.2, 0.25) is 0 Å². The lowest BCUT2D eigenvalue weighted by atomic mass is 9.92. The van der Waals surface area contributed by atoms with Crippen LogP contribution in [0.4, 0.5) is 0 Å². The van der Waals surface area contributed by atoms with Crippen molar-refractivity contribution in [2.45, 2.75) is 6.92 Å². The predicted octanol–water partition coefficient (Wildman–Crippen LogP) is 1.90. The Morgan fingerprint density at radius 1 is 1.11 bits per heavy atom. The highest BCUT2D eigenvalue weighted by Gasteiger charge is 2.36. The lowest BCUT2D eigenvalue weighted by Gasteiger charge is -2.25. The van der Waals surface area contributed by atoms with Crippen molar-refractivity contribution in [1.82, 2.24) is 5.06 Å². The Labute approximate surface area is 155 Å². The summed E-state index contributed by atoms with van der Waals surface area (Å²) in [6, 6.07) is 7.99. The van der Waals surface area contributed by atoms with E-state index in [1.807, 2.05) is 0 Å². The average molecular weight is 389 g/mol. The summed E-state index contributed by atoms with van der Waals surface area (Å²) in [5.41, 5.74) is 1.02. The van der Waals surface area contributed by atoms with Crippen LogP contribution in [-0.4, -0.2) is 44.1 Å². The van der Waals surface area contributed by atoms with Gasteiger partial charge >= 0.3 is 5.97 Å². The zero-order valence-corrected chi connectivity index (χ0v) is 15.3. The summed E-state index contributed by atoms with van der Waals surface area (Å²) >= 11 is 0. The molecule has 0 spiro atoms. The Hall–Kier alpha value is -3.04. The van der Waals surface area contributed by atoms with Crippen LogP contribution in [0.25, 0.3) is 16.8 Å². The highest BCUT2D eigenvalue weighted by molar-refractivity contribution is 7.85. The van der Waals surface area contributed by atoms with Gasteiger partial charge in [0.15, 0.2) is 0 Å². The molecular formula is C18H15NO7S. The zero-order valence-electron chi connectivity index (χ0n) is 14.5. The number of carbonyl (C=O) groups is 3. The summed E-state index contributed by atoms with van der Waals surface area (Å²) < 4.78 is 32.2. The fourth-order valence-electron chi connectivity index (χ4n) is 2.79. The molecule has 1 aliphatic heterocycles. The van der Waals surface area contributed by atoms with Crippen LogP contribution in [0.15, 0.2) is 36.4 Å². The molecule has 1 heterocycles. The third-order valence-corrected chi connectivity index (χ3v) is 4.21. The molecule has 140 valence electrons. The maximum absolute atomic E-state index is 12.6. The molecule has 0 bridgehead atoms. The third kappa shape index (κ3) is 3.74. The van der Waals surface area contributed by atoms with E-state index >= 15 is 0 Å². The van der Waals surface area contributed by atoms with Gasteiger partial charge < -0.3 is 4.74 Å². The summed E-state index contributed by atoms with van der Waals surface area (Å²) in [4.78, 5) is 36.0.